The second-order valence-electron chi connectivity index (χ2n) is 11.4. The highest BCUT2D eigenvalue weighted by Crippen LogP contribution is 2.49. The molecule has 3 aromatic rings. The van der Waals surface area contributed by atoms with E-state index in [0.29, 0.717) is 31.7 Å². The average molecular weight is 544 g/mol. The SMILES string of the molecule is O=C1CCC(N2Cc3c(ccc4c3OCC43CCN(Cc4cnn(Cc5ccc(F)cc5)c4)CC3)C2=O)C(=O)N1. The van der Waals surface area contributed by atoms with Gasteiger partial charge in [-0.2, -0.15) is 5.10 Å². The first-order valence-corrected chi connectivity index (χ1v) is 13.8. The van der Waals surface area contributed by atoms with E-state index in [-0.39, 0.29) is 29.5 Å². The molecule has 3 amide bonds. The lowest BCUT2D eigenvalue weighted by atomic mass is 9.74. The van der Waals surface area contributed by atoms with Crippen LogP contribution < -0.4 is 10.1 Å². The van der Waals surface area contributed by atoms with E-state index in [0.717, 1.165) is 60.5 Å². The monoisotopic (exact) mass is 543 g/mol. The number of ether oxygens (including phenoxy) is 1. The molecular weight excluding hydrogens is 513 g/mol. The molecule has 9 nitrogen and oxygen atoms in total. The molecule has 4 aliphatic rings. The molecule has 2 fully saturated rings. The van der Waals surface area contributed by atoms with Crippen molar-refractivity contribution in [3.05, 3.63) is 82.4 Å². The largest absolute Gasteiger partial charge is 0.492 e. The summed E-state index contributed by atoms with van der Waals surface area (Å²) in [4.78, 5) is 41.2. The summed E-state index contributed by atoms with van der Waals surface area (Å²) in [7, 11) is 0. The Labute approximate surface area is 230 Å². The van der Waals surface area contributed by atoms with E-state index in [9.17, 15) is 18.8 Å². The van der Waals surface area contributed by atoms with Gasteiger partial charge in [0.05, 0.1) is 25.9 Å². The number of hydrogen-bond acceptors (Lipinski definition) is 6. The number of halogens is 1. The van der Waals surface area contributed by atoms with Crippen LogP contribution >= 0.6 is 0 Å². The first kappa shape index (κ1) is 25.0. The predicted octanol–water partition coefficient (Wildman–Crippen LogP) is 2.76. The second-order valence-corrected chi connectivity index (χ2v) is 11.4. The third-order valence-electron chi connectivity index (χ3n) is 8.89. The fraction of sp³-hybridized carbons (Fsp3) is 0.400. The minimum absolute atomic E-state index is 0.0846. The lowest BCUT2D eigenvalue weighted by molar-refractivity contribution is -0.136. The van der Waals surface area contributed by atoms with E-state index in [1.54, 1.807) is 17.0 Å². The fourth-order valence-corrected chi connectivity index (χ4v) is 6.65. The highest BCUT2D eigenvalue weighted by molar-refractivity contribution is 6.05. The molecule has 1 unspecified atom stereocenters. The summed E-state index contributed by atoms with van der Waals surface area (Å²) in [5, 5.41) is 6.85. The second kappa shape index (κ2) is 9.55. The number of hydrogen-bond donors (Lipinski definition) is 1. The molecule has 206 valence electrons. The first-order valence-electron chi connectivity index (χ1n) is 13.8. The zero-order valence-electron chi connectivity index (χ0n) is 22.1. The Hall–Kier alpha value is -4.05. The van der Waals surface area contributed by atoms with Gasteiger partial charge >= 0.3 is 0 Å². The Morgan fingerprint density at radius 3 is 2.60 bits per heavy atom. The minimum Gasteiger partial charge on any atom is -0.492 e. The van der Waals surface area contributed by atoms with Crippen molar-refractivity contribution < 1.29 is 23.5 Å². The van der Waals surface area contributed by atoms with Gasteiger partial charge in [0.15, 0.2) is 0 Å². The van der Waals surface area contributed by atoms with Gasteiger partial charge in [-0.05, 0) is 56.1 Å². The highest BCUT2D eigenvalue weighted by Gasteiger charge is 2.47. The van der Waals surface area contributed by atoms with E-state index >= 15 is 0 Å². The lowest BCUT2D eigenvalue weighted by Gasteiger charge is -2.38. The van der Waals surface area contributed by atoms with Crippen LogP contribution in [0.2, 0.25) is 0 Å². The summed E-state index contributed by atoms with van der Waals surface area (Å²) in [5.41, 5.74) is 4.68. The van der Waals surface area contributed by atoms with E-state index in [1.165, 1.54) is 12.1 Å². The van der Waals surface area contributed by atoms with Crippen molar-refractivity contribution in [2.45, 2.75) is 56.8 Å². The van der Waals surface area contributed by atoms with Gasteiger partial charge in [0.2, 0.25) is 11.8 Å². The summed E-state index contributed by atoms with van der Waals surface area (Å²) < 4.78 is 21.4. The summed E-state index contributed by atoms with van der Waals surface area (Å²) >= 11 is 0. The first-order chi connectivity index (χ1) is 19.4. The Balaban J connectivity index is 1.01. The number of carbonyl (C=O) groups is 3. The molecule has 5 heterocycles. The maximum absolute atomic E-state index is 13.2. The van der Waals surface area contributed by atoms with E-state index in [1.807, 2.05) is 23.0 Å². The number of amides is 3. The number of piperidine rings is 2. The molecule has 0 aliphatic carbocycles. The molecule has 40 heavy (non-hydrogen) atoms. The Morgan fingerprint density at radius 2 is 1.82 bits per heavy atom. The Kier molecular flexibility index (Phi) is 5.96. The van der Waals surface area contributed by atoms with Gasteiger partial charge in [-0.1, -0.05) is 18.2 Å². The minimum atomic E-state index is -0.633. The number of likely N-dealkylation sites (tertiary alicyclic amines) is 1. The van der Waals surface area contributed by atoms with Crippen molar-refractivity contribution in [1.29, 1.82) is 0 Å². The van der Waals surface area contributed by atoms with Gasteiger partial charge in [-0.3, -0.25) is 29.3 Å². The number of benzene rings is 2. The van der Waals surface area contributed by atoms with Crippen LogP contribution in [0.4, 0.5) is 4.39 Å². The highest BCUT2D eigenvalue weighted by atomic mass is 19.1. The third-order valence-corrected chi connectivity index (χ3v) is 8.89. The van der Waals surface area contributed by atoms with E-state index in [4.69, 9.17) is 4.74 Å². The number of nitrogens with zero attached hydrogens (tertiary/aromatic N) is 4. The van der Waals surface area contributed by atoms with Gasteiger partial charge in [-0.15, -0.1) is 0 Å². The number of fused-ring (bicyclic) bond motifs is 4. The zero-order chi connectivity index (χ0) is 27.4. The van der Waals surface area contributed by atoms with Crippen LogP contribution in [-0.2, 0) is 34.6 Å². The van der Waals surface area contributed by atoms with Crippen LogP contribution in [0.25, 0.3) is 0 Å². The van der Waals surface area contributed by atoms with Crippen LogP contribution in [0.1, 0.15) is 58.3 Å². The zero-order valence-corrected chi connectivity index (χ0v) is 22.1. The molecule has 1 atom stereocenters. The maximum atomic E-state index is 13.2. The number of imide groups is 1. The predicted molar refractivity (Wildman–Crippen MR) is 142 cm³/mol. The fourth-order valence-electron chi connectivity index (χ4n) is 6.65. The number of aromatic nitrogens is 2. The quantitative estimate of drug-likeness (QED) is 0.498. The van der Waals surface area contributed by atoms with Crippen LogP contribution in [0.15, 0.2) is 48.8 Å². The lowest BCUT2D eigenvalue weighted by Crippen LogP contribution is -2.52. The summed E-state index contributed by atoms with van der Waals surface area (Å²) in [6, 6.07) is 9.79. The summed E-state index contributed by atoms with van der Waals surface area (Å²) in [5.74, 6) is -0.306. The normalized spacial score (nSPS) is 21.9. The third kappa shape index (κ3) is 4.27. The van der Waals surface area contributed by atoms with Crippen molar-refractivity contribution in [2.75, 3.05) is 19.7 Å². The molecular formula is C30H30FN5O4. The maximum Gasteiger partial charge on any atom is 0.255 e. The number of rotatable bonds is 5. The molecule has 0 radical (unpaired) electrons. The molecule has 2 saturated heterocycles. The summed E-state index contributed by atoms with van der Waals surface area (Å²) in [6.07, 6.45) is 6.44. The molecule has 0 saturated carbocycles. The smallest absolute Gasteiger partial charge is 0.255 e. The van der Waals surface area contributed by atoms with Crippen molar-refractivity contribution in [1.82, 2.24) is 24.9 Å². The van der Waals surface area contributed by atoms with Gasteiger partial charge in [-0.25, -0.2) is 4.39 Å². The van der Waals surface area contributed by atoms with Crippen molar-refractivity contribution in [3.8, 4) is 5.75 Å². The number of carbonyl (C=O) groups excluding carboxylic acids is 3. The molecule has 1 spiro atoms. The van der Waals surface area contributed by atoms with E-state index in [2.05, 4.69) is 21.5 Å². The van der Waals surface area contributed by atoms with Crippen molar-refractivity contribution in [2.24, 2.45) is 0 Å². The van der Waals surface area contributed by atoms with Crippen LogP contribution in [0, 0.1) is 5.82 Å². The topological polar surface area (TPSA) is 96.8 Å². The van der Waals surface area contributed by atoms with Gasteiger partial charge < -0.3 is 9.64 Å². The molecule has 7 rings (SSSR count). The van der Waals surface area contributed by atoms with Crippen LogP contribution in [0.3, 0.4) is 0 Å². The van der Waals surface area contributed by atoms with Gasteiger partial charge in [0.1, 0.15) is 17.6 Å². The van der Waals surface area contributed by atoms with Gasteiger partial charge in [0.25, 0.3) is 5.91 Å². The molecule has 0 bridgehead atoms. The van der Waals surface area contributed by atoms with Crippen LogP contribution in [0.5, 0.6) is 5.75 Å². The van der Waals surface area contributed by atoms with Gasteiger partial charge in [0, 0.05) is 46.8 Å². The molecule has 4 aliphatic heterocycles. The molecule has 10 heteroatoms. The standard InChI is InChI=1S/C30H30FN5O4/c31-21-3-1-19(2-4-21)15-35-16-20(13-32-35)14-34-11-9-30(10-12-34)18-40-27-23-17-36(25-7-8-26(37)33-28(25)38)29(39)22(23)5-6-24(27)30/h1-6,13,16,25H,7-12,14-15,17-18H2,(H,33,37,38). The summed E-state index contributed by atoms with van der Waals surface area (Å²) in [6.45, 7) is 4.18. The van der Waals surface area contributed by atoms with Crippen molar-refractivity contribution >= 4 is 17.7 Å². The molecule has 2 aromatic carbocycles. The van der Waals surface area contributed by atoms with E-state index < -0.39 is 11.9 Å². The molecule has 1 N–H and O–H groups in total. The Bertz CT molecular complexity index is 1510. The molecule has 1 aromatic heterocycles. The van der Waals surface area contributed by atoms with Crippen molar-refractivity contribution in [3.63, 3.8) is 0 Å². The average Bonchev–Trinajstić information content (AvgIpc) is 3.63. The Morgan fingerprint density at radius 1 is 1.02 bits per heavy atom. The van der Waals surface area contributed by atoms with Crippen LogP contribution in [-0.4, -0.2) is 63.0 Å². The number of nitrogens with one attached hydrogen (secondary N) is 1.